The standard InChI is InChI=1S/C25H24Cl2O4/c1-2-11-30-23-8-6-19(18-5-3-4-17(13-18)14-25(28)29)15-20(23)10-12-31-24-9-7-21(26)16-22(24)27/h3-9,13,15-16H,2,10-12,14H2,1H3,(H,28,29). The van der Waals surface area contributed by atoms with E-state index < -0.39 is 5.97 Å². The van der Waals surface area contributed by atoms with Gasteiger partial charge in [-0.1, -0.05) is 60.5 Å². The van der Waals surface area contributed by atoms with E-state index in [0.29, 0.717) is 35.4 Å². The van der Waals surface area contributed by atoms with Crippen LogP contribution in [0, 0.1) is 0 Å². The lowest BCUT2D eigenvalue weighted by Crippen LogP contribution is -2.05. The van der Waals surface area contributed by atoms with Crippen molar-refractivity contribution in [2.45, 2.75) is 26.2 Å². The van der Waals surface area contributed by atoms with Crippen LogP contribution in [0.1, 0.15) is 24.5 Å². The topological polar surface area (TPSA) is 55.8 Å². The first-order valence-electron chi connectivity index (χ1n) is 10.1. The zero-order valence-corrected chi connectivity index (χ0v) is 18.7. The first-order valence-corrected chi connectivity index (χ1v) is 10.9. The van der Waals surface area contributed by atoms with Crippen LogP contribution in [0.2, 0.25) is 10.0 Å². The van der Waals surface area contributed by atoms with Gasteiger partial charge in [0.1, 0.15) is 11.5 Å². The Bertz CT molecular complexity index is 1050. The van der Waals surface area contributed by atoms with E-state index in [1.54, 1.807) is 18.2 Å². The Morgan fingerprint density at radius 3 is 2.39 bits per heavy atom. The van der Waals surface area contributed by atoms with E-state index in [-0.39, 0.29) is 6.42 Å². The van der Waals surface area contributed by atoms with Crippen LogP contribution in [0.4, 0.5) is 0 Å². The highest BCUT2D eigenvalue weighted by molar-refractivity contribution is 6.35. The minimum atomic E-state index is -0.848. The average molecular weight is 459 g/mol. The van der Waals surface area contributed by atoms with Gasteiger partial charge in [0.25, 0.3) is 0 Å². The lowest BCUT2D eigenvalue weighted by Gasteiger charge is -2.14. The molecule has 1 N–H and O–H groups in total. The van der Waals surface area contributed by atoms with Gasteiger partial charge in [-0.3, -0.25) is 4.79 Å². The van der Waals surface area contributed by atoms with Crippen molar-refractivity contribution in [3.8, 4) is 22.6 Å². The minimum absolute atomic E-state index is 0.00587. The molecule has 3 aromatic rings. The Kier molecular flexibility index (Phi) is 8.21. The third-order valence-electron chi connectivity index (χ3n) is 4.66. The molecule has 3 aromatic carbocycles. The molecule has 0 saturated carbocycles. The van der Waals surface area contributed by atoms with E-state index >= 15 is 0 Å². The lowest BCUT2D eigenvalue weighted by molar-refractivity contribution is -0.136. The highest BCUT2D eigenvalue weighted by Crippen LogP contribution is 2.30. The van der Waals surface area contributed by atoms with E-state index in [2.05, 4.69) is 13.0 Å². The SMILES string of the molecule is CCCOc1ccc(-c2cccc(CC(=O)O)c2)cc1CCOc1ccc(Cl)cc1Cl. The van der Waals surface area contributed by atoms with E-state index in [1.165, 1.54) is 0 Å². The summed E-state index contributed by atoms with van der Waals surface area (Å²) in [5.41, 5.74) is 3.73. The molecule has 4 nitrogen and oxygen atoms in total. The summed E-state index contributed by atoms with van der Waals surface area (Å²) >= 11 is 12.1. The Labute approximate surface area is 192 Å². The molecule has 0 bridgehead atoms. The van der Waals surface area contributed by atoms with Crippen LogP contribution in [-0.2, 0) is 17.6 Å². The molecule has 31 heavy (non-hydrogen) atoms. The van der Waals surface area contributed by atoms with Crippen LogP contribution in [0.15, 0.2) is 60.7 Å². The summed E-state index contributed by atoms with van der Waals surface area (Å²) in [6.07, 6.45) is 1.53. The molecule has 0 aliphatic rings. The highest BCUT2D eigenvalue weighted by atomic mass is 35.5. The maximum Gasteiger partial charge on any atom is 0.307 e. The first-order chi connectivity index (χ1) is 15.0. The summed E-state index contributed by atoms with van der Waals surface area (Å²) in [4.78, 5) is 11.0. The smallest absolute Gasteiger partial charge is 0.307 e. The number of hydrogen-bond donors (Lipinski definition) is 1. The Morgan fingerprint density at radius 2 is 1.65 bits per heavy atom. The van der Waals surface area contributed by atoms with E-state index in [4.69, 9.17) is 37.8 Å². The van der Waals surface area contributed by atoms with Crippen molar-refractivity contribution >= 4 is 29.2 Å². The largest absolute Gasteiger partial charge is 0.493 e. The second kappa shape index (κ2) is 11.1. The Morgan fingerprint density at radius 1 is 0.903 bits per heavy atom. The second-order valence-electron chi connectivity index (χ2n) is 7.12. The molecular weight excluding hydrogens is 435 g/mol. The molecule has 0 aromatic heterocycles. The maximum absolute atomic E-state index is 11.0. The van der Waals surface area contributed by atoms with Crippen LogP contribution >= 0.6 is 23.2 Å². The van der Waals surface area contributed by atoms with Crippen molar-refractivity contribution in [2.24, 2.45) is 0 Å². The fourth-order valence-electron chi connectivity index (χ4n) is 3.21. The number of benzene rings is 3. The molecule has 0 atom stereocenters. The van der Waals surface area contributed by atoms with Gasteiger partial charge < -0.3 is 14.6 Å². The normalized spacial score (nSPS) is 10.7. The van der Waals surface area contributed by atoms with E-state index in [0.717, 1.165) is 34.4 Å². The fraction of sp³-hybridized carbons (Fsp3) is 0.240. The van der Waals surface area contributed by atoms with Gasteiger partial charge in [0.05, 0.1) is 24.7 Å². The Balaban J connectivity index is 1.80. The van der Waals surface area contributed by atoms with Crippen molar-refractivity contribution in [1.29, 1.82) is 0 Å². The van der Waals surface area contributed by atoms with Crippen LogP contribution < -0.4 is 9.47 Å². The highest BCUT2D eigenvalue weighted by Gasteiger charge is 2.10. The number of carboxylic acids is 1. The third-order valence-corrected chi connectivity index (χ3v) is 5.19. The molecule has 3 rings (SSSR count). The van der Waals surface area contributed by atoms with Gasteiger partial charge in [0.15, 0.2) is 0 Å². The predicted molar refractivity (Wildman–Crippen MR) is 125 cm³/mol. The van der Waals surface area contributed by atoms with Crippen LogP contribution in [0.25, 0.3) is 11.1 Å². The molecule has 0 fully saturated rings. The average Bonchev–Trinajstić information content (AvgIpc) is 2.74. The molecule has 0 amide bonds. The molecule has 162 valence electrons. The van der Waals surface area contributed by atoms with Crippen molar-refractivity contribution in [3.05, 3.63) is 81.8 Å². The zero-order valence-electron chi connectivity index (χ0n) is 17.2. The number of hydrogen-bond acceptors (Lipinski definition) is 3. The molecule has 0 aliphatic carbocycles. The third kappa shape index (κ3) is 6.65. The molecule has 0 spiro atoms. The summed E-state index contributed by atoms with van der Waals surface area (Å²) < 4.78 is 11.8. The molecule has 0 saturated heterocycles. The summed E-state index contributed by atoms with van der Waals surface area (Å²) in [5, 5.41) is 10.1. The summed E-state index contributed by atoms with van der Waals surface area (Å²) in [6.45, 7) is 3.12. The molecule has 0 unspecified atom stereocenters. The molecule has 0 aliphatic heterocycles. The monoisotopic (exact) mass is 458 g/mol. The van der Waals surface area contributed by atoms with Gasteiger partial charge in [-0.15, -0.1) is 0 Å². The first kappa shape index (κ1) is 23.0. The zero-order chi connectivity index (χ0) is 22.2. The van der Waals surface area contributed by atoms with Crippen molar-refractivity contribution in [1.82, 2.24) is 0 Å². The van der Waals surface area contributed by atoms with Gasteiger partial charge in [-0.2, -0.15) is 0 Å². The minimum Gasteiger partial charge on any atom is -0.493 e. The van der Waals surface area contributed by atoms with Gasteiger partial charge in [-0.05, 0) is 59.0 Å². The summed E-state index contributed by atoms with van der Waals surface area (Å²) in [5.74, 6) is 0.553. The number of aliphatic carboxylic acids is 1. The number of rotatable bonds is 10. The number of carboxylic acid groups (broad SMARTS) is 1. The summed E-state index contributed by atoms with van der Waals surface area (Å²) in [6, 6.07) is 18.7. The second-order valence-corrected chi connectivity index (χ2v) is 7.96. The van der Waals surface area contributed by atoms with Crippen molar-refractivity contribution in [2.75, 3.05) is 13.2 Å². The quantitative estimate of drug-likeness (QED) is 0.367. The summed E-state index contributed by atoms with van der Waals surface area (Å²) in [7, 11) is 0. The molecule has 6 heteroatoms. The van der Waals surface area contributed by atoms with E-state index in [1.807, 2.05) is 36.4 Å². The van der Waals surface area contributed by atoms with Crippen LogP contribution in [-0.4, -0.2) is 24.3 Å². The van der Waals surface area contributed by atoms with Gasteiger partial charge >= 0.3 is 5.97 Å². The van der Waals surface area contributed by atoms with Crippen molar-refractivity contribution in [3.63, 3.8) is 0 Å². The maximum atomic E-state index is 11.0. The molecule has 0 radical (unpaired) electrons. The molecule has 0 heterocycles. The molecular formula is C25H24Cl2O4. The van der Waals surface area contributed by atoms with Gasteiger partial charge in [-0.25, -0.2) is 0 Å². The Hall–Kier alpha value is -2.69. The van der Waals surface area contributed by atoms with Gasteiger partial charge in [0.2, 0.25) is 0 Å². The lowest BCUT2D eigenvalue weighted by atomic mass is 9.98. The van der Waals surface area contributed by atoms with Crippen molar-refractivity contribution < 1.29 is 19.4 Å². The number of ether oxygens (including phenoxy) is 2. The van der Waals surface area contributed by atoms with E-state index in [9.17, 15) is 4.79 Å². The number of halogens is 2. The van der Waals surface area contributed by atoms with Crippen LogP contribution in [0.3, 0.4) is 0 Å². The fourth-order valence-corrected chi connectivity index (χ4v) is 3.67. The number of carbonyl (C=O) groups is 1. The van der Waals surface area contributed by atoms with Crippen LogP contribution in [0.5, 0.6) is 11.5 Å². The predicted octanol–water partition coefficient (Wildman–Crippen LogP) is 6.70. The van der Waals surface area contributed by atoms with Gasteiger partial charge in [0, 0.05) is 11.4 Å².